The number of hydrogen-bond acceptors (Lipinski definition) is 4. The van der Waals surface area contributed by atoms with E-state index in [1.54, 1.807) is 6.20 Å². The second-order valence-corrected chi connectivity index (χ2v) is 6.35. The molecule has 1 aliphatic carbocycles. The van der Waals surface area contributed by atoms with Crippen molar-refractivity contribution in [1.29, 1.82) is 0 Å². The summed E-state index contributed by atoms with van der Waals surface area (Å²) in [4.78, 5) is 10.5. The summed E-state index contributed by atoms with van der Waals surface area (Å²) in [6.45, 7) is 2.08. The lowest BCUT2D eigenvalue weighted by molar-refractivity contribution is 0.144. The third-order valence-electron chi connectivity index (χ3n) is 4.78. The first kappa shape index (κ1) is 13.0. The Morgan fingerprint density at radius 1 is 1.11 bits per heavy atom. The summed E-state index contributed by atoms with van der Waals surface area (Å²) in [7, 11) is 0. The van der Waals surface area contributed by atoms with Gasteiger partial charge in [0.25, 0.3) is 0 Å². The van der Waals surface area contributed by atoms with Gasteiger partial charge in [0.2, 0.25) is 5.95 Å². The van der Waals surface area contributed by atoms with Gasteiger partial charge in [0.05, 0.1) is 6.20 Å². The molecule has 19 heavy (non-hydrogen) atoms. The molecule has 0 aromatic carbocycles. The van der Waals surface area contributed by atoms with Crippen LogP contribution in [-0.2, 0) is 0 Å². The molecule has 1 aromatic heterocycles. The van der Waals surface area contributed by atoms with Crippen molar-refractivity contribution < 1.29 is 0 Å². The van der Waals surface area contributed by atoms with Gasteiger partial charge in [-0.1, -0.05) is 30.9 Å². The minimum absolute atomic E-state index is 0.303. The van der Waals surface area contributed by atoms with Crippen molar-refractivity contribution in [2.24, 2.45) is 5.41 Å². The van der Waals surface area contributed by atoms with Crippen molar-refractivity contribution in [1.82, 2.24) is 9.97 Å². The van der Waals surface area contributed by atoms with E-state index in [-0.39, 0.29) is 0 Å². The molecule has 5 heteroatoms. The normalized spacial score (nSPS) is 22.7. The molecule has 2 N–H and O–H groups in total. The molecule has 2 fully saturated rings. The summed E-state index contributed by atoms with van der Waals surface area (Å²) >= 11 is 6.18. The average Bonchev–Trinajstić information content (AvgIpc) is 2.44. The Kier molecular flexibility index (Phi) is 3.52. The largest absolute Gasteiger partial charge is 0.368 e. The number of piperidine rings is 1. The molecule has 0 amide bonds. The predicted molar refractivity (Wildman–Crippen MR) is 78.4 cm³/mol. The smallest absolute Gasteiger partial charge is 0.222 e. The van der Waals surface area contributed by atoms with Crippen LogP contribution in [0.4, 0.5) is 11.8 Å². The average molecular weight is 281 g/mol. The van der Waals surface area contributed by atoms with Crippen molar-refractivity contribution in [2.75, 3.05) is 23.7 Å². The Labute approximate surface area is 119 Å². The zero-order valence-corrected chi connectivity index (χ0v) is 12.0. The molecule has 104 valence electrons. The number of halogens is 1. The van der Waals surface area contributed by atoms with Gasteiger partial charge in [-0.15, -0.1) is 0 Å². The van der Waals surface area contributed by atoms with Gasteiger partial charge in [-0.2, -0.15) is 4.98 Å². The van der Waals surface area contributed by atoms with Crippen LogP contribution in [0.3, 0.4) is 0 Å². The maximum absolute atomic E-state index is 6.18. The minimum atomic E-state index is 0.303. The molecule has 0 unspecified atom stereocenters. The molecular weight excluding hydrogens is 260 g/mol. The zero-order chi connectivity index (χ0) is 13.3. The van der Waals surface area contributed by atoms with E-state index in [2.05, 4.69) is 14.9 Å². The fraction of sp³-hybridized carbons (Fsp3) is 0.714. The summed E-state index contributed by atoms with van der Waals surface area (Å²) in [6.07, 6.45) is 11.1. The van der Waals surface area contributed by atoms with Gasteiger partial charge in [-0.25, -0.2) is 4.98 Å². The van der Waals surface area contributed by atoms with Crippen molar-refractivity contribution in [3.05, 3.63) is 11.2 Å². The number of anilines is 2. The summed E-state index contributed by atoms with van der Waals surface area (Å²) < 4.78 is 0. The second-order valence-electron chi connectivity index (χ2n) is 5.95. The Hall–Kier alpha value is -1.03. The van der Waals surface area contributed by atoms with Gasteiger partial charge in [-0.05, 0) is 31.1 Å². The van der Waals surface area contributed by atoms with E-state index >= 15 is 0 Å². The highest BCUT2D eigenvalue weighted by Gasteiger charge is 2.36. The fourth-order valence-corrected chi connectivity index (χ4v) is 3.80. The number of nitrogens with two attached hydrogens (primary N) is 1. The van der Waals surface area contributed by atoms with Crippen molar-refractivity contribution in [3.8, 4) is 0 Å². The van der Waals surface area contributed by atoms with Crippen LogP contribution < -0.4 is 10.6 Å². The summed E-state index contributed by atoms with van der Waals surface area (Å²) in [6, 6.07) is 0. The highest BCUT2D eigenvalue weighted by atomic mass is 35.5. The van der Waals surface area contributed by atoms with Crippen LogP contribution in [0, 0.1) is 5.41 Å². The van der Waals surface area contributed by atoms with Crippen LogP contribution in [-0.4, -0.2) is 23.1 Å². The lowest BCUT2D eigenvalue weighted by Gasteiger charge is -2.44. The molecule has 3 rings (SSSR count). The quantitative estimate of drug-likeness (QED) is 0.858. The van der Waals surface area contributed by atoms with Crippen LogP contribution in [0.1, 0.15) is 44.9 Å². The van der Waals surface area contributed by atoms with Crippen molar-refractivity contribution >= 4 is 23.4 Å². The van der Waals surface area contributed by atoms with Crippen molar-refractivity contribution in [3.63, 3.8) is 0 Å². The lowest BCUT2D eigenvalue weighted by Crippen LogP contribution is -2.41. The van der Waals surface area contributed by atoms with E-state index < -0.39 is 0 Å². The molecule has 4 nitrogen and oxygen atoms in total. The number of rotatable bonds is 1. The molecule has 1 saturated heterocycles. The first-order valence-electron chi connectivity index (χ1n) is 7.22. The van der Waals surface area contributed by atoms with Gasteiger partial charge in [-0.3, -0.25) is 0 Å². The van der Waals surface area contributed by atoms with Crippen LogP contribution >= 0.6 is 11.6 Å². The van der Waals surface area contributed by atoms with E-state index in [0.717, 1.165) is 18.9 Å². The molecule has 0 radical (unpaired) electrons. The maximum atomic E-state index is 6.18. The second kappa shape index (κ2) is 5.16. The predicted octanol–water partition coefficient (Wildman–Crippen LogP) is 3.26. The van der Waals surface area contributed by atoms with Crippen LogP contribution in [0.25, 0.3) is 0 Å². The summed E-state index contributed by atoms with van der Waals surface area (Å²) in [5.41, 5.74) is 6.26. The molecule has 0 atom stereocenters. The van der Waals surface area contributed by atoms with E-state index in [1.807, 2.05) is 0 Å². The van der Waals surface area contributed by atoms with Crippen LogP contribution in [0.5, 0.6) is 0 Å². The van der Waals surface area contributed by atoms with E-state index in [1.165, 1.54) is 44.9 Å². The van der Waals surface area contributed by atoms with Gasteiger partial charge >= 0.3 is 0 Å². The maximum Gasteiger partial charge on any atom is 0.222 e. The van der Waals surface area contributed by atoms with Gasteiger partial charge in [0, 0.05) is 13.1 Å². The van der Waals surface area contributed by atoms with Crippen LogP contribution in [0.2, 0.25) is 5.02 Å². The third kappa shape index (κ3) is 2.64. The Bertz CT molecular complexity index is 447. The summed E-state index contributed by atoms with van der Waals surface area (Å²) in [5.74, 6) is 1.11. The molecular formula is C14H21ClN4. The summed E-state index contributed by atoms with van der Waals surface area (Å²) in [5, 5.41) is 0.605. The lowest BCUT2D eigenvalue weighted by atomic mass is 9.68. The number of nitrogen functional groups attached to an aromatic ring is 1. The Balaban J connectivity index is 1.71. The topological polar surface area (TPSA) is 55.0 Å². The van der Waals surface area contributed by atoms with E-state index in [0.29, 0.717) is 16.4 Å². The zero-order valence-electron chi connectivity index (χ0n) is 11.2. The number of nitrogens with zero attached hydrogens (tertiary/aromatic N) is 3. The van der Waals surface area contributed by atoms with Gasteiger partial charge in [0.15, 0.2) is 5.82 Å². The molecule has 1 spiro atoms. The third-order valence-corrected chi connectivity index (χ3v) is 5.05. The first-order valence-corrected chi connectivity index (χ1v) is 7.59. The highest BCUT2D eigenvalue weighted by Crippen LogP contribution is 2.45. The fourth-order valence-electron chi connectivity index (χ4n) is 3.59. The molecule has 1 aliphatic heterocycles. The molecule has 2 aliphatic rings. The van der Waals surface area contributed by atoms with Gasteiger partial charge in [0.1, 0.15) is 5.02 Å². The Morgan fingerprint density at radius 3 is 2.47 bits per heavy atom. The highest BCUT2D eigenvalue weighted by molar-refractivity contribution is 6.32. The molecule has 2 heterocycles. The number of aromatic nitrogens is 2. The van der Waals surface area contributed by atoms with E-state index in [4.69, 9.17) is 17.3 Å². The molecule has 1 saturated carbocycles. The first-order chi connectivity index (χ1) is 9.19. The van der Waals surface area contributed by atoms with E-state index in [9.17, 15) is 0 Å². The number of hydrogen-bond donors (Lipinski definition) is 1. The SMILES string of the molecule is Nc1ncc(Cl)c(N2CCC3(CCCCC3)CC2)n1. The van der Waals surface area contributed by atoms with Crippen LogP contribution in [0.15, 0.2) is 6.20 Å². The standard InChI is InChI=1S/C14H21ClN4/c15-11-10-17-13(16)18-12(11)19-8-6-14(7-9-19)4-2-1-3-5-14/h10H,1-9H2,(H2,16,17,18). The molecule has 0 bridgehead atoms. The monoisotopic (exact) mass is 280 g/mol. The van der Waals surface area contributed by atoms with Gasteiger partial charge < -0.3 is 10.6 Å². The van der Waals surface area contributed by atoms with Crippen molar-refractivity contribution in [2.45, 2.75) is 44.9 Å². The minimum Gasteiger partial charge on any atom is -0.368 e. The molecule has 1 aromatic rings. The Morgan fingerprint density at radius 2 is 1.79 bits per heavy atom.